The summed E-state index contributed by atoms with van der Waals surface area (Å²) in [4.78, 5) is 11.1. The van der Waals surface area contributed by atoms with Crippen LogP contribution in [0.2, 0.25) is 0 Å². The fourth-order valence-corrected chi connectivity index (χ4v) is 2.44. The van der Waals surface area contributed by atoms with Gasteiger partial charge in [0.2, 0.25) is 5.91 Å². The monoisotopic (exact) mass is 274 g/mol. The van der Waals surface area contributed by atoms with Crippen LogP contribution >= 0.6 is 0 Å². The molecule has 1 unspecified atom stereocenters. The van der Waals surface area contributed by atoms with E-state index in [-0.39, 0.29) is 11.9 Å². The van der Waals surface area contributed by atoms with Crippen LogP contribution in [0, 0.1) is 6.92 Å². The van der Waals surface area contributed by atoms with Gasteiger partial charge in [0, 0.05) is 31.1 Å². The number of aryl methyl sites for hydroxylation is 1. The van der Waals surface area contributed by atoms with E-state index >= 15 is 0 Å². The quantitative estimate of drug-likeness (QED) is 0.768. The summed E-state index contributed by atoms with van der Waals surface area (Å²) in [5.41, 5.74) is 1.96. The van der Waals surface area contributed by atoms with Gasteiger partial charge in [0.25, 0.3) is 0 Å². The minimum Gasteiger partial charge on any atom is -0.460 e. The summed E-state index contributed by atoms with van der Waals surface area (Å²) in [5, 5.41) is 13.3. The van der Waals surface area contributed by atoms with Gasteiger partial charge in [-0.2, -0.15) is 5.10 Å². The zero-order chi connectivity index (χ0) is 13.9. The lowest BCUT2D eigenvalue weighted by atomic mass is 10.2. The lowest BCUT2D eigenvalue weighted by Gasteiger charge is -2.10. The zero-order valence-electron chi connectivity index (χ0n) is 11.4. The second-order valence-corrected chi connectivity index (χ2v) is 5.11. The molecule has 3 N–H and O–H groups in total. The molecule has 0 saturated carbocycles. The molecule has 1 fully saturated rings. The van der Waals surface area contributed by atoms with E-state index in [1.165, 1.54) is 0 Å². The molecule has 20 heavy (non-hydrogen) atoms. The molecule has 1 aliphatic rings. The molecule has 1 atom stereocenters. The number of carbonyl (C=O) groups excluding carboxylic acids is 1. The molecular weight excluding hydrogens is 256 g/mol. The zero-order valence-corrected chi connectivity index (χ0v) is 11.4. The van der Waals surface area contributed by atoms with Crippen molar-refractivity contribution in [3.8, 4) is 11.5 Å². The lowest BCUT2D eigenvalue weighted by Crippen LogP contribution is -2.35. The fraction of sp³-hybridized carbons (Fsp3) is 0.429. The molecule has 1 saturated heterocycles. The summed E-state index contributed by atoms with van der Waals surface area (Å²) in [6.45, 7) is 3.38. The molecule has 6 nitrogen and oxygen atoms in total. The van der Waals surface area contributed by atoms with Crippen molar-refractivity contribution in [3.05, 3.63) is 29.7 Å². The first-order valence-corrected chi connectivity index (χ1v) is 6.81. The van der Waals surface area contributed by atoms with Gasteiger partial charge in [-0.05, 0) is 25.5 Å². The molecular formula is C14H18N4O2. The maximum atomic E-state index is 11.1. The Labute approximate surface area is 116 Å². The molecule has 3 rings (SSSR count). The molecule has 1 aliphatic heterocycles. The topological polar surface area (TPSA) is 83.0 Å². The van der Waals surface area contributed by atoms with Gasteiger partial charge in [0.15, 0.2) is 5.76 Å². The summed E-state index contributed by atoms with van der Waals surface area (Å²) >= 11 is 0. The molecule has 0 aliphatic carbocycles. The van der Waals surface area contributed by atoms with Crippen LogP contribution in [-0.4, -0.2) is 28.7 Å². The van der Waals surface area contributed by atoms with Gasteiger partial charge < -0.3 is 15.1 Å². The normalized spacial score (nSPS) is 18.4. The molecule has 2 aromatic heterocycles. The highest BCUT2D eigenvalue weighted by molar-refractivity contribution is 5.78. The van der Waals surface area contributed by atoms with Gasteiger partial charge in [-0.15, -0.1) is 0 Å². The Morgan fingerprint density at radius 2 is 2.40 bits per heavy atom. The number of hydrogen-bond acceptors (Lipinski definition) is 4. The van der Waals surface area contributed by atoms with E-state index in [0.29, 0.717) is 13.0 Å². The summed E-state index contributed by atoms with van der Waals surface area (Å²) in [5.74, 6) is 1.82. The number of aromatic amines is 1. The molecule has 1 amide bonds. The summed E-state index contributed by atoms with van der Waals surface area (Å²) in [7, 11) is 0. The Morgan fingerprint density at radius 1 is 1.50 bits per heavy atom. The smallest absolute Gasteiger partial charge is 0.220 e. The number of aromatic nitrogens is 2. The molecule has 0 aromatic carbocycles. The van der Waals surface area contributed by atoms with Gasteiger partial charge in [-0.3, -0.25) is 9.89 Å². The van der Waals surface area contributed by atoms with Gasteiger partial charge >= 0.3 is 0 Å². The standard InChI is InChI=1S/C14H18N4O2/c1-9-2-4-12(20-9)14-10(7-16-18-14)6-15-8-11-3-5-13(19)17-11/h2,4,7,11,15H,3,5-6,8H2,1H3,(H,16,18)(H,17,19). The highest BCUT2D eigenvalue weighted by Gasteiger charge is 2.20. The molecule has 0 spiro atoms. The fourth-order valence-electron chi connectivity index (χ4n) is 2.44. The third-order valence-electron chi connectivity index (χ3n) is 3.50. The third-order valence-corrected chi connectivity index (χ3v) is 3.50. The van der Waals surface area contributed by atoms with Gasteiger partial charge in [-0.25, -0.2) is 0 Å². The van der Waals surface area contributed by atoms with Gasteiger partial charge in [0.1, 0.15) is 11.5 Å². The Morgan fingerprint density at radius 3 is 3.10 bits per heavy atom. The molecule has 0 bridgehead atoms. The number of furan rings is 1. The van der Waals surface area contributed by atoms with E-state index in [0.717, 1.165) is 35.7 Å². The summed E-state index contributed by atoms with van der Waals surface area (Å²) in [6.07, 6.45) is 3.34. The van der Waals surface area contributed by atoms with Gasteiger partial charge in [0.05, 0.1) is 6.20 Å². The molecule has 0 radical (unpaired) electrons. The van der Waals surface area contributed by atoms with Crippen molar-refractivity contribution in [2.75, 3.05) is 6.54 Å². The number of nitrogens with one attached hydrogen (secondary N) is 3. The van der Waals surface area contributed by atoms with Crippen LogP contribution < -0.4 is 10.6 Å². The predicted molar refractivity (Wildman–Crippen MR) is 73.9 cm³/mol. The largest absolute Gasteiger partial charge is 0.460 e. The predicted octanol–water partition coefficient (Wildman–Crippen LogP) is 1.35. The Bertz CT molecular complexity index is 602. The summed E-state index contributed by atoms with van der Waals surface area (Å²) in [6, 6.07) is 4.11. The highest BCUT2D eigenvalue weighted by Crippen LogP contribution is 2.23. The van der Waals surface area contributed by atoms with Crippen molar-refractivity contribution in [2.24, 2.45) is 0 Å². The van der Waals surface area contributed by atoms with Crippen LogP contribution in [0.25, 0.3) is 11.5 Å². The maximum absolute atomic E-state index is 11.1. The SMILES string of the molecule is Cc1ccc(-c2[nH]ncc2CNCC2CCC(=O)N2)o1. The number of carbonyl (C=O) groups is 1. The number of rotatable bonds is 5. The van der Waals surface area contributed by atoms with Crippen LogP contribution in [-0.2, 0) is 11.3 Å². The average molecular weight is 274 g/mol. The first-order valence-electron chi connectivity index (χ1n) is 6.81. The Hall–Kier alpha value is -2.08. The average Bonchev–Trinajstić information content (AvgIpc) is 3.11. The Kier molecular flexibility index (Phi) is 3.56. The molecule has 3 heterocycles. The third kappa shape index (κ3) is 2.75. The van der Waals surface area contributed by atoms with Crippen molar-refractivity contribution in [1.29, 1.82) is 0 Å². The molecule has 106 valence electrons. The van der Waals surface area contributed by atoms with E-state index < -0.39 is 0 Å². The van der Waals surface area contributed by atoms with Crippen molar-refractivity contribution >= 4 is 5.91 Å². The van der Waals surface area contributed by atoms with Crippen LogP contribution in [0.5, 0.6) is 0 Å². The van der Waals surface area contributed by atoms with Crippen LogP contribution in [0.15, 0.2) is 22.7 Å². The number of nitrogens with zero attached hydrogens (tertiary/aromatic N) is 1. The van der Waals surface area contributed by atoms with Crippen LogP contribution in [0.4, 0.5) is 0 Å². The highest BCUT2D eigenvalue weighted by atomic mass is 16.3. The van der Waals surface area contributed by atoms with Crippen molar-refractivity contribution in [1.82, 2.24) is 20.8 Å². The molecule has 2 aromatic rings. The van der Waals surface area contributed by atoms with E-state index in [1.807, 2.05) is 19.1 Å². The lowest BCUT2D eigenvalue weighted by molar-refractivity contribution is -0.119. The van der Waals surface area contributed by atoms with Gasteiger partial charge in [-0.1, -0.05) is 0 Å². The number of amides is 1. The second kappa shape index (κ2) is 5.50. The van der Waals surface area contributed by atoms with Crippen LogP contribution in [0.3, 0.4) is 0 Å². The van der Waals surface area contributed by atoms with E-state index in [4.69, 9.17) is 4.42 Å². The molecule has 6 heteroatoms. The van der Waals surface area contributed by atoms with Crippen LogP contribution in [0.1, 0.15) is 24.2 Å². The van der Waals surface area contributed by atoms with Crippen molar-refractivity contribution in [2.45, 2.75) is 32.4 Å². The van der Waals surface area contributed by atoms with E-state index in [2.05, 4.69) is 20.8 Å². The maximum Gasteiger partial charge on any atom is 0.220 e. The second-order valence-electron chi connectivity index (χ2n) is 5.11. The minimum atomic E-state index is 0.145. The summed E-state index contributed by atoms with van der Waals surface area (Å²) < 4.78 is 5.61. The number of H-pyrrole nitrogens is 1. The van der Waals surface area contributed by atoms with Crippen molar-refractivity contribution < 1.29 is 9.21 Å². The van der Waals surface area contributed by atoms with E-state index in [1.54, 1.807) is 6.20 Å². The Balaban J connectivity index is 1.58. The first-order chi connectivity index (χ1) is 9.72. The van der Waals surface area contributed by atoms with Crippen molar-refractivity contribution in [3.63, 3.8) is 0 Å². The first kappa shape index (κ1) is 12.9. The van der Waals surface area contributed by atoms with E-state index in [9.17, 15) is 4.79 Å². The minimum absolute atomic E-state index is 0.145. The number of hydrogen-bond donors (Lipinski definition) is 3.